The zero-order valence-corrected chi connectivity index (χ0v) is 16.4. The van der Waals surface area contributed by atoms with Crippen LogP contribution in [-0.4, -0.2) is 75.6 Å². The van der Waals surface area contributed by atoms with Gasteiger partial charge in [0.05, 0.1) is 11.4 Å². The van der Waals surface area contributed by atoms with Crippen LogP contribution in [0.25, 0.3) is 0 Å². The third-order valence-electron chi connectivity index (χ3n) is 4.36. The van der Waals surface area contributed by atoms with Crippen molar-refractivity contribution in [1.29, 1.82) is 0 Å². The SMILES string of the molecule is C=CS(=O)(=O)CCCN1CCN(C(=O)c2ccc(N)c(S(=O)(=O)O)c2)CC1. The molecule has 0 saturated carbocycles. The molecule has 0 aliphatic carbocycles. The highest BCUT2D eigenvalue weighted by Crippen LogP contribution is 2.21. The van der Waals surface area contributed by atoms with Crippen molar-refractivity contribution >= 4 is 31.5 Å². The molecule has 1 aliphatic rings. The minimum atomic E-state index is -4.51. The molecule has 0 unspecified atom stereocenters. The Hall–Kier alpha value is -1.95. The number of nitrogen functional groups attached to an aromatic ring is 1. The zero-order chi connectivity index (χ0) is 20.2. The van der Waals surface area contributed by atoms with Crippen LogP contribution < -0.4 is 5.73 Å². The lowest BCUT2D eigenvalue weighted by molar-refractivity contribution is 0.0637. The van der Waals surface area contributed by atoms with Gasteiger partial charge in [-0.3, -0.25) is 14.2 Å². The molecule has 0 aromatic heterocycles. The molecular weight excluding hydrogens is 394 g/mol. The molecule has 3 N–H and O–H groups in total. The predicted octanol–water partition coefficient (Wildman–Crippen LogP) is 0.222. The second-order valence-electron chi connectivity index (χ2n) is 6.25. The highest BCUT2D eigenvalue weighted by Gasteiger charge is 2.24. The van der Waals surface area contributed by atoms with E-state index in [-0.39, 0.29) is 22.9 Å². The number of benzene rings is 1. The lowest BCUT2D eigenvalue weighted by atomic mass is 10.1. The average molecular weight is 418 g/mol. The highest BCUT2D eigenvalue weighted by atomic mass is 32.2. The Morgan fingerprint density at radius 1 is 1.19 bits per heavy atom. The first-order valence-electron chi connectivity index (χ1n) is 8.27. The molecule has 0 bridgehead atoms. The topological polar surface area (TPSA) is 138 Å². The molecule has 1 aromatic carbocycles. The van der Waals surface area contributed by atoms with E-state index in [0.29, 0.717) is 39.1 Å². The number of nitrogens with two attached hydrogens (primary N) is 1. The number of carbonyl (C=O) groups excluding carboxylic acids is 1. The minimum absolute atomic E-state index is 0.0412. The molecule has 0 spiro atoms. The van der Waals surface area contributed by atoms with Crippen LogP contribution in [0.3, 0.4) is 0 Å². The van der Waals surface area contributed by atoms with Gasteiger partial charge in [-0.15, -0.1) is 0 Å². The molecule has 11 heteroatoms. The van der Waals surface area contributed by atoms with Gasteiger partial charge in [0.25, 0.3) is 16.0 Å². The lowest BCUT2D eigenvalue weighted by Crippen LogP contribution is -2.49. The number of nitrogens with zero attached hydrogens (tertiary/aromatic N) is 2. The molecular formula is C16H23N3O6S2. The summed E-state index contributed by atoms with van der Waals surface area (Å²) in [6, 6.07) is 3.75. The average Bonchev–Trinajstić information content (AvgIpc) is 2.61. The van der Waals surface area contributed by atoms with Gasteiger partial charge in [0.2, 0.25) is 0 Å². The van der Waals surface area contributed by atoms with E-state index in [2.05, 4.69) is 11.5 Å². The monoisotopic (exact) mass is 417 g/mol. The molecule has 1 heterocycles. The number of hydrogen-bond donors (Lipinski definition) is 2. The summed E-state index contributed by atoms with van der Waals surface area (Å²) in [4.78, 5) is 15.7. The van der Waals surface area contributed by atoms with Crippen LogP contribution in [0.5, 0.6) is 0 Å². The van der Waals surface area contributed by atoms with Crippen molar-refractivity contribution in [3.63, 3.8) is 0 Å². The molecule has 1 saturated heterocycles. The molecule has 0 radical (unpaired) electrons. The van der Waals surface area contributed by atoms with Gasteiger partial charge in [0, 0.05) is 37.2 Å². The minimum Gasteiger partial charge on any atom is -0.398 e. The van der Waals surface area contributed by atoms with Crippen LogP contribution in [0.1, 0.15) is 16.8 Å². The Bertz CT molecular complexity index is 919. The fourth-order valence-electron chi connectivity index (χ4n) is 2.82. The zero-order valence-electron chi connectivity index (χ0n) is 14.7. The Morgan fingerprint density at radius 3 is 2.37 bits per heavy atom. The van der Waals surface area contributed by atoms with Gasteiger partial charge in [0.1, 0.15) is 4.90 Å². The van der Waals surface area contributed by atoms with E-state index in [4.69, 9.17) is 5.73 Å². The van der Waals surface area contributed by atoms with Crippen molar-refractivity contribution in [1.82, 2.24) is 9.80 Å². The van der Waals surface area contributed by atoms with Gasteiger partial charge in [-0.25, -0.2) is 8.42 Å². The van der Waals surface area contributed by atoms with Crippen molar-refractivity contribution < 1.29 is 26.2 Å². The quantitative estimate of drug-likeness (QED) is 0.475. The van der Waals surface area contributed by atoms with E-state index < -0.39 is 24.9 Å². The van der Waals surface area contributed by atoms with E-state index in [0.717, 1.165) is 11.5 Å². The van der Waals surface area contributed by atoms with Gasteiger partial charge in [-0.2, -0.15) is 8.42 Å². The van der Waals surface area contributed by atoms with Crippen LogP contribution in [0.15, 0.2) is 35.1 Å². The van der Waals surface area contributed by atoms with Crippen LogP contribution in [-0.2, 0) is 20.0 Å². The van der Waals surface area contributed by atoms with Crippen LogP contribution in [0.4, 0.5) is 5.69 Å². The first-order chi connectivity index (χ1) is 12.5. The number of amides is 1. The van der Waals surface area contributed by atoms with Gasteiger partial charge in [0.15, 0.2) is 9.84 Å². The van der Waals surface area contributed by atoms with E-state index in [9.17, 15) is 26.2 Å². The summed E-state index contributed by atoms with van der Waals surface area (Å²) in [7, 11) is -7.72. The third-order valence-corrected chi connectivity index (χ3v) is 6.63. The number of rotatable bonds is 7. The number of carbonyl (C=O) groups is 1. The largest absolute Gasteiger partial charge is 0.398 e. The second kappa shape index (κ2) is 8.38. The molecule has 150 valence electrons. The maximum absolute atomic E-state index is 12.6. The summed E-state index contributed by atoms with van der Waals surface area (Å²) < 4.78 is 54.7. The normalized spacial score (nSPS) is 16.3. The van der Waals surface area contributed by atoms with Crippen molar-refractivity contribution in [3.05, 3.63) is 35.7 Å². The Labute approximate surface area is 159 Å². The van der Waals surface area contributed by atoms with Crippen LogP contribution in [0, 0.1) is 0 Å². The van der Waals surface area contributed by atoms with Gasteiger partial charge in [-0.05, 0) is 31.2 Å². The van der Waals surface area contributed by atoms with Crippen molar-refractivity contribution in [2.24, 2.45) is 0 Å². The number of anilines is 1. The maximum atomic E-state index is 12.6. The fourth-order valence-corrected chi connectivity index (χ4v) is 4.16. The summed E-state index contributed by atoms with van der Waals surface area (Å²) >= 11 is 0. The lowest BCUT2D eigenvalue weighted by Gasteiger charge is -2.34. The van der Waals surface area contributed by atoms with Gasteiger partial charge in [-0.1, -0.05) is 6.58 Å². The summed E-state index contributed by atoms with van der Waals surface area (Å²) in [5.74, 6) is -0.312. The van der Waals surface area contributed by atoms with Crippen molar-refractivity contribution in [2.75, 3.05) is 44.2 Å². The summed E-state index contributed by atoms with van der Waals surface area (Å²) in [5.41, 5.74) is 5.54. The van der Waals surface area contributed by atoms with Gasteiger partial charge >= 0.3 is 0 Å². The Morgan fingerprint density at radius 2 is 1.81 bits per heavy atom. The number of sulfone groups is 1. The smallest absolute Gasteiger partial charge is 0.296 e. The fraction of sp³-hybridized carbons (Fsp3) is 0.438. The van der Waals surface area contributed by atoms with E-state index in [1.165, 1.54) is 12.1 Å². The molecule has 27 heavy (non-hydrogen) atoms. The van der Waals surface area contributed by atoms with Crippen LogP contribution in [0.2, 0.25) is 0 Å². The van der Waals surface area contributed by atoms with Crippen molar-refractivity contribution in [2.45, 2.75) is 11.3 Å². The molecule has 1 amide bonds. The van der Waals surface area contributed by atoms with Crippen molar-refractivity contribution in [3.8, 4) is 0 Å². The second-order valence-corrected chi connectivity index (χ2v) is 9.71. The standard InChI is InChI=1S/C16H23N3O6S2/c1-2-26(21,22)11-3-6-18-7-9-19(10-8-18)16(20)13-4-5-14(17)15(12-13)27(23,24)25/h2,4-5,12H,1,3,6-11,17H2,(H,23,24,25). The number of hydrogen-bond acceptors (Lipinski definition) is 7. The third kappa shape index (κ3) is 5.76. The van der Waals surface area contributed by atoms with E-state index >= 15 is 0 Å². The number of piperazine rings is 1. The summed E-state index contributed by atoms with van der Waals surface area (Å²) in [6.07, 6.45) is 0.484. The Balaban J connectivity index is 1.94. The van der Waals surface area contributed by atoms with Crippen LogP contribution >= 0.6 is 0 Å². The molecule has 9 nitrogen and oxygen atoms in total. The first kappa shape index (κ1) is 21.4. The highest BCUT2D eigenvalue weighted by molar-refractivity contribution is 7.94. The molecule has 0 atom stereocenters. The molecule has 1 fully saturated rings. The molecule has 2 rings (SSSR count). The predicted molar refractivity (Wildman–Crippen MR) is 102 cm³/mol. The Kier molecular flexibility index (Phi) is 6.63. The summed E-state index contributed by atoms with van der Waals surface area (Å²) in [5, 5.41) is 0.955. The first-order valence-corrected chi connectivity index (χ1v) is 11.4. The van der Waals surface area contributed by atoms with Gasteiger partial charge < -0.3 is 10.6 Å². The maximum Gasteiger partial charge on any atom is 0.296 e. The molecule has 1 aromatic rings. The van der Waals surface area contributed by atoms with E-state index in [1.807, 2.05) is 0 Å². The molecule has 1 aliphatic heterocycles. The summed E-state index contributed by atoms with van der Waals surface area (Å²) in [6.45, 7) is 5.90. The van der Waals surface area contributed by atoms with E-state index in [1.54, 1.807) is 4.90 Å².